The minimum Gasteiger partial charge on any atom is -0.339 e. The SMILES string of the molecule is Cc1ccccc1CC(=O)N1CC(N)C1. The molecule has 1 saturated heterocycles. The Hall–Kier alpha value is -1.35. The van der Waals surface area contributed by atoms with E-state index in [0.29, 0.717) is 19.5 Å². The van der Waals surface area contributed by atoms with Crippen molar-refractivity contribution >= 4 is 5.91 Å². The van der Waals surface area contributed by atoms with Gasteiger partial charge in [0, 0.05) is 19.1 Å². The molecule has 80 valence electrons. The molecule has 1 aliphatic heterocycles. The molecule has 0 bridgehead atoms. The standard InChI is InChI=1S/C12H16N2O/c1-9-4-2-3-5-10(9)6-12(15)14-7-11(13)8-14/h2-5,11H,6-8,13H2,1H3. The molecule has 3 nitrogen and oxygen atoms in total. The van der Waals surface area contributed by atoms with Gasteiger partial charge in [-0.05, 0) is 18.1 Å². The molecule has 1 amide bonds. The lowest BCUT2D eigenvalue weighted by atomic mass is 10.0. The van der Waals surface area contributed by atoms with Crippen LogP contribution in [0.1, 0.15) is 11.1 Å². The van der Waals surface area contributed by atoms with E-state index >= 15 is 0 Å². The third-order valence-electron chi connectivity index (χ3n) is 2.87. The van der Waals surface area contributed by atoms with Crippen molar-refractivity contribution in [1.29, 1.82) is 0 Å². The van der Waals surface area contributed by atoms with Crippen LogP contribution in [-0.2, 0) is 11.2 Å². The highest BCUT2D eigenvalue weighted by Gasteiger charge is 2.27. The van der Waals surface area contributed by atoms with Gasteiger partial charge in [0.1, 0.15) is 0 Å². The van der Waals surface area contributed by atoms with Crippen molar-refractivity contribution in [3.63, 3.8) is 0 Å². The maximum Gasteiger partial charge on any atom is 0.227 e. The van der Waals surface area contributed by atoms with Crippen molar-refractivity contribution in [3.05, 3.63) is 35.4 Å². The van der Waals surface area contributed by atoms with Crippen LogP contribution in [0, 0.1) is 6.92 Å². The molecule has 15 heavy (non-hydrogen) atoms. The summed E-state index contributed by atoms with van der Waals surface area (Å²) in [7, 11) is 0. The fraction of sp³-hybridized carbons (Fsp3) is 0.417. The predicted molar refractivity (Wildman–Crippen MR) is 59.4 cm³/mol. The van der Waals surface area contributed by atoms with Crippen molar-refractivity contribution < 1.29 is 4.79 Å². The molecular weight excluding hydrogens is 188 g/mol. The number of hydrogen-bond acceptors (Lipinski definition) is 2. The summed E-state index contributed by atoms with van der Waals surface area (Å²) < 4.78 is 0. The molecule has 0 unspecified atom stereocenters. The van der Waals surface area contributed by atoms with E-state index in [2.05, 4.69) is 0 Å². The molecular formula is C12H16N2O. The van der Waals surface area contributed by atoms with Gasteiger partial charge in [0.05, 0.1) is 6.42 Å². The summed E-state index contributed by atoms with van der Waals surface area (Å²) in [6.07, 6.45) is 0.499. The first-order valence-corrected chi connectivity index (χ1v) is 5.24. The minimum atomic E-state index is 0.186. The summed E-state index contributed by atoms with van der Waals surface area (Å²) in [5.41, 5.74) is 7.93. The first-order chi connectivity index (χ1) is 7.16. The van der Waals surface area contributed by atoms with Crippen LogP contribution in [0.3, 0.4) is 0 Å². The van der Waals surface area contributed by atoms with E-state index < -0.39 is 0 Å². The van der Waals surface area contributed by atoms with Gasteiger partial charge in [-0.15, -0.1) is 0 Å². The molecule has 0 radical (unpaired) electrons. The van der Waals surface area contributed by atoms with Crippen LogP contribution in [0.15, 0.2) is 24.3 Å². The van der Waals surface area contributed by atoms with Gasteiger partial charge in [-0.2, -0.15) is 0 Å². The number of carbonyl (C=O) groups excluding carboxylic acids is 1. The van der Waals surface area contributed by atoms with Crippen molar-refractivity contribution in [2.24, 2.45) is 5.73 Å². The van der Waals surface area contributed by atoms with Crippen LogP contribution in [-0.4, -0.2) is 29.9 Å². The number of amides is 1. The molecule has 1 heterocycles. The molecule has 1 fully saturated rings. The molecule has 0 saturated carbocycles. The lowest BCUT2D eigenvalue weighted by Crippen LogP contribution is -2.58. The van der Waals surface area contributed by atoms with Crippen LogP contribution >= 0.6 is 0 Å². The monoisotopic (exact) mass is 204 g/mol. The summed E-state index contributed by atoms with van der Waals surface area (Å²) in [6.45, 7) is 3.46. The minimum absolute atomic E-state index is 0.186. The summed E-state index contributed by atoms with van der Waals surface area (Å²) in [5.74, 6) is 0.186. The lowest BCUT2D eigenvalue weighted by Gasteiger charge is -2.37. The number of nitrogens with two attached hydrogens (primary N) is 1. The molecule has 2 rings (SSSR count). The van der Waals surface area contributed by atoms with Gasteiger partial charge in [0.2, 0.25) is 5.91 Å². The van der Waals surface area contributed by atoms with Crippen molar-refractivity contribution in [2.45, 2.75) is 19.4 Å². The molecule has 1 aromatic carbocycles. The number of hydrogen-bond donors (Lipinski definition) is 1. The van der Waals surface area contributed by atoms with Crippen LogP contribution < -0.4 is 5.73 Å². The Morgan fingerprint density at radius 1 is 1.47 bits per heavy atom. The van der Waals surface area contributed by atoms with E-state index in [1.54, 1.807) is 0 Å². The zero-order valence-corrected chi connectivity index (χ0v) is 8.94. The van der Waals surface area contributed by atoms with Crippen LogP contribution in [0.25, 0.3) is 0 Å². The Balaban J connectivity index is 1.97. The van der Waals surface area contributed by atoms with Crippen molar-refractivity contribution in [1.82, 2.24) is 4.90 Å². The second kappa shape index (κ2) is 4.03. The third kappa shape index (κ3) is 2.18. The van der Waals surface area contributed by atoms with Gasteiger partial charge in [-0.1, -0.05) is 24.3 Å². The third-order valence-corrected chi connectivity index (χ3v) is 2.87. The molecule has 0 spiro atoms. The molecule has 2 N–H and O–H groups in total. The molecule has 1 aromatic rings. The summed E-state index contributed by atoms with van der Waals surface area (Å²) in [4.78, 5) is 13.6. The summed E-state index contributed by atoms with van der Waals surface area (Å²) >= 11 is 0. The number of aryl methyl sites for hydroxylation is 1. The van der Waals surface area contributed by atoms with Gasteiger partial charge in [0.25, 0.3) is 0 Å². The maximum atomic E-state index is 11.8. The molecule has 0 aromatic heterocycles. The number of carbonyl (C=O) groups is 1. The lowest BCUT2D eigenvalue weighted by molar-refractivity contribution is -0.134. The Kier molecular flexibility index (Phi) is 2.73. The molecule has 0 atom stereocenters. The number of nitrogens with zero attached hydrogens (tertiary/aromatic N) is 1. The molecule has 1 aliphatic rings. The van der Waals surface area contributed by atoms with E-state index in [9.17, 15) is 4.79 Å². The van der Waals surface area contributed by atoms with Gasteiger partial charge < -0.3 is 10.6 Å². The average molecular weight is 204 g/mol. The van der Waals surface area contributed by atoms with Crippen LogP contribution in [0.2, 0.25) is 0 Å². The van der Waals surface area contributed by atoms with E-state index in [4.69, 9.17) is 5.73 Å². The first kappa shape index (κ1) is 10.2. The topological polar surface area (TPSA) is 46.3 Å². The Labute approximate surface area is 89.9 Å². The Morgan fingerprint density at radius 3 is 2.73 bits per heavy atom. The Morgan fingerprint density at radius 2 is 2.13 bits per heavy atom. The number of rotatable bonds is 2. The van der Waals surface area contributed by atoms with Crippen LogP contribution in [0.5, 0.6) is 0 Å². The summed E-state index contributed by atoms with van der Waals surface area (Å²) in [5, 5.41) is 0. The molecule has 0 aliphatic carbocycles. The van der Waals surface area contributed by atoms with Crippen molar-refractivity contribution in [3.8, 4) is 0 Å². The fourth-order valence-electron chi connectivity index (χ4n) is 1.80. The zero-order chi connectivity index (χ0) is 10.8. The van der Waals surface area contributed by atoms with E-state index in [1.165, 1.54) is 5.56 Å². The van der Waals surface area contributed by atoms with Gasteiger partial charge >= 0.3 is 0 Å². The zero-order valence-electron chi connectivity index (χ0n) is 8.94. The van der Waals surface area contributed by atoms with Gasteiger partial charge in [-0.3, -0.25) is 4.79 Å². The second-order valence-corrected chi connectivity index (χ2v) is 4.16. The number of benzene rings is 1. The highest BCUT2D eigenvalue weighted by Crippen LogP contribution is 2.12. The van der Waals surface area contributed by atoms with E-state index in [0.717, 1.165) is 5.56 Å². The predicted octanol–water partition coefficient (Wildman–Crippen LogP) is 0.707. The van der Waals surface area contributed by atoms with E-state index in [-0.39, 0.29) is 11.9 Å². The average Bonchev–Trinajstić information content (AvgIpc) is 2.17. The highest BCUT2D eigenvalue weighted by molar-refractivity contribution is 5.80. The second-order valence-electron chi connectivity index (χ2n) is 4.16. The maximum absolute atomic E-state index is 11.8. The van der Waals surface area contributed by atoms with E-state index in [1.807, 2.05) is 36.1 Å². The first-order valence-electron chi connectivity index (χ1n) is 5.24. The normalized spacial score (nSPS) is 16.3. The fourth-order valence-corrected chi connectivity index (χ4v) is 1.80. The summed E-state index contributed by atoms with van der Waals surface area (Å²) in [6, 6.07) is 8.18. The van der Waals surface area contributed by atoms with Crippen LogP contribution in [0.4, 0.5) is 0 Å². The van der Waals surface area contributed by atoms with Gasteiger partial charge in [0.15, 0.2) is 0 Å². The van der Waals surface area contributed by atoms with Gasteiger partial charge in [-0.25, -0.2) is 0 Å². The smallest absolute Gasteiger partial charge is 0.227 e. The highest BCUT2D eigenvalue weighted by atomic mass is 16.2. The molecule has 3 heteroatoms. The quantitative estimate of drug-likeness (QED) is 0.771. The van der Waals surface area contributed by atoms with Crippen molar-refractivity contribution in [2.75, 3.05) is 13.1 Å². The largest absolute Gasteiger partial charge is 0.339 e. The Bertz CT molecular complexity index is 370. The number of likely N-dealkylation sites (tertiary alicyclic amines) is 1.